The lowest BCUT2D eigenvalue weighted by atomic mass is 9.91. The minimum Gasteiger partial charge on any atom is -0.331 e. The van der Waals surface area contributed by atoms with Crippen LogP contribution in [0.3, 0.4) is 0 Å². The van der Waals surface area contributed by atoms with Gasteiger partial charge in [0.05, 0.1) is 12.0 Å². The zero-order valence-electron chi connectivity index (χ0n) is 11.3. The molecule has 2 aliphatic heterocycles. The van der Waals surface area contributed by atoms with Crippen LogP contribution in [0.1, 0.15) is 26.7 Å². The Kier molecular flexibility index (Phi) is 3.49. The van der Waals surface area contributed by atoms with Gasteiger partial charge in [-0.05, 0) is 26.7 Å². The number of nitrogens with one attached hydrogen (secondary N) is 1. The second-order valence-corrected chi connectivity index (χ2v) is 5.80. The van der Waals surface area contributed by atoms with Crippen LogP contribution in [0.5, 0.6) is 0 Å². The molecule has 19 heavy (non-hydrogen) atoms. The summed E-state index contributed by atoms with van der Waals surface area (Å²) in [6, 6.07) is -0.335. The highest BCUT2D eigenvalue weighted by atomic mass is 16.2. The van der Waals surface area contributed by atoms with Crippen LogP contribution >= 0.6 is 0 Å². The molecular weight excluding hydrogens is 248 g/mol. The Morgan fingerprint density at radius 3 is 2.79 bits per heavy atom. The number of hydrazine groups is 1. The predicted octanol–water partition coefficient (Wildman–Crippen LogP) is -1.16. The molecule has 0 aromatic carbocycles. The maximum absolute atomic E-state index is 12.3. The van der Waals surface area contributed by atoms with Crippen LogP contribution < -0.4 is 11.3 Å². The van der Waals surface area contributed by atoms with Crippen LogP contribution in [0.25, 0.3) is 0 Å². The smallest absolute Gasteiger partial charge is 0.245 e. The molecule has 2 rings (SSSR count). The van der Waals surface area contributed by atoms with Crippen LogP contribution in [-0.4, -0.2) is 53.2 Å². The predicted molar refractivity (Wildman–Crippen MR) is 67.4 cm³/mol. The number of nitrogens with two attached hydrogens (primary N) is 1. The molecule has 3 amide bonds. The summed E-state index contributed by atoms with van der Waals surface area (Å²) in [4.78, 5) is 39.1. The molecule has 0 spiro atoms. The molecule has 0 saturated carbocycles. The van der Waals surface area contributed by atoms with Crippen molar-refractivity contribution in [2.45, 2.75) is 32.7 Å². The van der Waals surface area contributed by atoms with Gasteiger partial charge >= 0.3 is 0 Å². The van der Waals surface area contributed by atoms with Crippen molar-refractivity contribution in [3.63, 3.8) is 0 Å². The molecule has 0 aliphatic carbocycles. The van der Waals surface area contributed by atoms with Gasteiger partial charge in [-0.2, -0.15) is 0 Å². The number of carbonyl (C=O) groups is 3. The molecule has 7 nitrogen and oxygen atoms in total. The van der Waals surface area contributed by atoms with E-state index in [1.165, 1.54) is 4.90 Å². The third kappa shape index (κ3) is 2.42. The lowest BCUT2D eigenvalue weighted by Gasteiger charge is -2.39. The second-order valence-electron chi connectivity index (χ2n) is 5.80. The highest BCUT2D eigenvalue weighted by Crippen LogP contribution is 2.26. The molecule has 0 aromatic rings. The summed E-state index contributed by atoms with van der Waals surface area (Å²) in [5.41, 5.74) is 1.28. The first kappa shape index (κ1) is 13.8. The summed E-state index contributed by atoms with van der Waals surface area (Å²) in [5.74, 6) is 4.69. The van der Waals surface area contributed by atoms with Gasteiger partial charge in [-0.15, -0.1) is 0 Å². The molecule has 2 fully saturated rings. The molecule has 0 bridgehead atoms. The zero-order chi connectivity index (χ0) is 14.2. The van der Waals surface area contributed by atoms with E-state index in [9.17, 15) is 14.4 Å². The quantitative estimate of drug-likeness (QED) is 0.383. The van der Waals surface area contributed by atoms with Gasteiger partial charge in [0.25, 0.3) is 0 Å². The van der Waals surface area contributed by atoms with E-state index in [1.54, 1.807) is 18.7 Å². The number of rotatable bonds is 3. The molecule has 2 saturated heterocycles. The maximum Gasteiger partial charge on any atom is 0.245 e. The van der Waals surface area contributed by atoms with E-state index in [1.807, 2.05) is 0 Å². The Morgan fingerprint density at radius 1 is 1.47 bits per heavy atom. The van der Waals surface area contributed by atoms with Crippen molar-refractivity contribution in [1.29, 1.82) is 0 Å². The molecule has 7 heteroatoms. The monoisotopic (exact) mass is 268 g/mol. The van der Waals surface area contributed by atoms with Crippen LogP contribution in [0, 0.1) is 5.41 Å². The van der Waals surface area contributed by atoms with Gasteiger partial charge < -0.3 is 9.80 Å². The zero-order valence-corrected chi connectivity index (χ0v) is 11.3. The first-order chi connectivity index (χ1) is 8.86. The Bertz CT molecular complexity index is 421. The number of hydrogen-bond donors (Lipinski definition) is 2. The Hall–Kier alpha value is -1.63. The Balaban J connectivity index is 2.11. The number of hydrogen-bond acceptors (Lipinski definition) is 4. The highest BCUT2D eigenvalue weighted by Gasteiger charge is 2.44. The van der Waals surface area contributed by atoms with Gasteiger partial charge in [0.1, 0.15) is 6.04 Å². The number of amides is 3. The van der Waals surface area contributed by atoms with Gasteiger partial charge in [0.15, 0.2) is 0 Å². The highest BCUT2D eigenvalue weighted by molar-refractivity contribution is 5.95. The molecule has 106 valence electrons. The standard InChI is InChI=1S/C12H20N4O3/c1-12(2,11(19)14-13)7-15-6-9(17)16-5-3-4-8(16)10(15)18/h8H,3-7,13H2,1-2H3,(H,14,19). The molecule has 1 unspecified atom stereocenters. The van der Waals surface area contributed by atoms with Crippen molar-refractivity contribution in [1.82, 2.24) is 15.2 Å². The average molecular weight is 268 g/mol. The van der Waals surface area contributed by atoms with E-state index >= 15 is 0 Å². The molecule has 0 radical (unpaired) electrons. The van der Waals surface area contributed by atoms with Crippen molar-refractivity contribution >= 4 is 17.7 Å². The minimum atomic E-state index is -0.814. The summed E-state index contributed by atoms with van der Waals surface area (Å²) in [6.45, 7) is 4.32. The van der Waals surface area contributed by atoms with Gasteiger partial charge in [-0.1, -0.05) is 0 Å². The lowest BCUT2D eigenvalue weighted by Crippen LogP contribution is -2.60. The van der Waals surface area contributed by atoms with E-state index < -0.39 is 5.41 Å². The number of fused-ring (bicyclic) bond motifs is 1. The summed E-state index contributed by atoms with van der Waals surface area (Å²) in [6.07, 6.45) is 1.58. The van der Waals surface area contributed by atoms with Crippen molar-refractivity contribution in [2.75, 3.05) is 19.6 Å². The summed E-state index contributed by atoms with van der Waals surface area (Å²) in [5, 5.41) is 0. The van der Waals surface area contributed by atoms with Crippen molar-refractivity contribution in [3.8, 4) is 0 Å². The molecule has 2 heterocycles. The maximum atomic E-state index is 12.3. The van der Waals surface area contributed by atoms with Crippen molar-refractivity contribution < 1.29 is 14.4 Å². The van der Waals surface area contributed by atoms with Crippen LogP contribution in [-0.2, 0) is 14.4 Å². The number of nitrogens with zero attached hydrogens (tertiary/aromatic N) is 2. The molecule has 3 N–H and O–H groups in total. The average Bonchev–Trinajstić information content (AvgIpc) is 2.84. The van der Waals surface area contributed by atoms with Crippen LogP contribution in [0.15, 0.2) is 0 Å². The molecular formula is C12H20N4O3. The third-order valence-electron chi connectivity index (χ3n) is 3.83. The lowest BCUT2D eigenvalue weighted by molar-refractivity contribution is -0.155. The van der Waals surface area contributed by atoms with E-state index in [-0.39, 0.29) is 36.9 Å². The van der Waals surface area contributed by atoms with Crippen molar-refractivity contribution in [2.24, 2.45) is 11.3 Å². The number of piperazine rings is 1. The summed E-state index contributed by atoms with van der Waals surface area (Å²) < 4.78 is 0. The van der Waals surface area contributed by atoms with Gasteiger partial charge in [0, 0.05) is 13.1 Å². The molecule has 0 aromatic heterocycles. The fourth-order valence-corrected chi connectivity index (χ4v) is 2.74. The SMILES string of the molecule is CC(C)(CN1CC(=O)N2CCCC2C1=O)C(=O)NN. The van der Waals surface area contributed by atoms with Gasteiger partial charge in [0.2, 0.25) is 17.7 Å². The molecule has 1 atom stereocenters. The van der Waals surface area contributed by atoms with E-state index in [0.717, 1.165) is 6.42 Å². The topological polar surface area (TPSA) is 95.7 Å². The summed E-state index contributed by atoms with van der Waals surface area (Å²) in [7, 11) is 0. The first-order valence-corrected chi connectivity index (χ1v) is 6.46. The Labute approximate surface area is 112 Å². The second kappa shape index (κ2) is 4.80. The number of carbonyl (C=O) groups excluding carboxylic acids is 3. The van der Waals surface area contributed by atoms with Crippen LogP contribution in [0.2, 0.25) is 0 Å². The minimum absolute atomic E-state index is 0.0361. The fourth-order valence-electron chi connectivity index (χ4n) is 2.74. The first-order valence-electron chi connectivity index (χ1n) is 6.46. The molecule has 2 aliphatic rings. The van der Waals surface area contributed by atoms with Gasteiger partial charge in [-0.3, -0.25) is 19.8 Å². The normalized spacial score (nSPS) is 23.6. The largest absolute Gasteiger partial charge is 0.331 e. The van der Waals surface area contributed by atoms with E-state index in [2.05, 4.69) is 5.43 Å². The summed E-state index contributed by atoms with van der Waals surface area (Å²) >= 11 is 0. The van der Waals surface area contributed by atoms with Gasteiger partial charge in [-0.25, -0.2) is 5.84 Å². The van der Waals surface area contributed by atoms with E-state index in [4.69, 9.17) is 5.84 Å². The van der Waals surface area contributed by atoms with Crippen LogP contribution in [0.4, 0.5) is 0 Å². The van der Waals surface area contributed by atoms with Crippen molar-refractivity contribution in [3.05, 3.63) is 0 Å². The Morgan fingerprint density at radius 2 is 2.16 bits per heavy atom. The fraction of sp³-hybridized carbons (Fsp3) is 0.750. The van der Waals surface area contributed by atoms with E-state index in [0.29, 0.717) is 13.0 Å². The third-order valence-corrected chi connectivity index (χ3v) is 3.83.